The molecule has 0 spiro atoms. The molecule has 0 fully saturated rings. The van der Waals surface area contributed by atoms with Crippen molar-refractivity contribution in [3.8, 4) is 0 Å². The van der Waals surface area contributed by atoms with E-state index in [0.29, 0.717) is 3.57 Å². The highest BCUT2D eigenvalue weighted by Crippen LogP contribution is 2.18. The average Bonchev–Trinajstić information content (AvgIpc) is 2.05. The van der Waals surface area contributed by atoms with Crippen molar-refractivity contribution >= 4 is 32.7 Å². The van der Waals surface area contributed by atoms with Gasteiger partial charge in [-0.2, -0.15) is 8.42 Å². The number of benzene rings is 1. The fourth-order valence-corrected chi connectivity index (χ4v) is 2.67. The molecule has 1 aromatic carbocycles. The highest BCUT2D eigenvalue weighted by molar-refractivity contribution is 14.1. The Kier molecular flexibility index (Phi) is 3.08. The molecule has 0 heterocycles. The van der Waals surface area contributed by atoms with Gasteiger partial charge in [0.25, 0.3) is 10.1 Å². The van der Waals surface area contributed by atoms with Crippen LogP contribution in [-0.4, -0.2) is 15.5 Å². The second-order valence-electron chi connectivity index (χ2n) is 2.05. The maximum absolute atomic E-state index is 11.2. The van der Waals surface area contributed by atoms with E-state index in [1.54, 1.807) is 18.2 Å². The molecule has 66 valence electrons. The Balaban J connectivity index is 3.30. The Morgan fingerprint density at radius 2 is 1.92 bits per heavy atom. The highest BCUT2D eigenvalue weighted by Gasteiger charge is 2.15. The van der Waals surface area contributed by atoms with E-state index in [0.717, 1.165) is 7.11 Å². The van der Waals surface area contributed by atoms with E-state index in [4.69, 9.17) is 0 Å². The van der Waals surface area contributed by atoms with Crippen LogP contribution in [0, 0.1) is 3.57 Å². The second kappa shape index (κ2) is 3.71. The van der Waals surface area contributed by atoms with E-state index in [9.17, 15) is 8.42 Å². The molecule has 0 aromatic heterocycles. The second-order valence-corrected chi connectivity index (χ2v) is 4.89. The summed E-state index contributed by atoms with van der Waals surface area (Å²) < 4.78 is 27.4. The molecule has 0 aliphatic heterocycles. The first kappa shape index (κ1) is 9.94. The Morgan fingerprint density at radius 3 is 2.42 bits per heavy atom. The topological polar surface area (TPSA) is 43.4 Å². The summed E-state index contributed by atoms with van der Waals surface area (Å²) in [6, 6.07) is 6.66. The summed E-state index contributed by atoms with van der Waals surface area (Å²) in [6.07, 6.45) is 0. The standard InChI is InChI=1S/C7H7IO3S/c1-11-12(9,10)7-5-3-2-4-6(7)8/h2-5H,1H3. The zero-order valence-electron chi connectivity index (χ0n) is 6.32. The van der Waals surface area contributed by atoms with Crippen LogP contribution in [-0.2, 0) is 14.3 Å². The lowest BCUT2D eigenvalue weighted by atomic mass is 10.4. The van der Waals surface area contributed by atoms with Gasteiger partial charge < -0.3 is 0 Å². The Labute approximate surface area is 85.0 Å². The molecule has 0 N–H and O–H groups in total. The van der Waals surface area contributed by atoms with Crippen molar-refractivity contribution in [3.05, 3.63) is 27.8 Å². The third kappa shape index (κ3) is 1.96. The van der Waals surface area contributed by atoms with Crippen LogP contribution >= 0.6 is 22.6 Å². The van der Waals surface area contributed by atoms with Crippen molar-refractivity contribution in [2.45, 2.75) is 4.90 Å². The lowest BCUT2D eigenvalue weighted by Gasteiger charge is -2.02. The van der Waals surface area contributed by atoms with Gasteiger partial charge in [-0.05, 0) is 34.7 Å². The summed E-state index contributed by atoms with van der Waals surface area (Å²) in [5.41, 5.74) is 0. The van der Waals surface area contributed by atoms with Gasteiger partial charge in [0.15, 0.2) is 0 Å². The van der Waals surface area contributed by atoms with Gasteiger partial charge >= 0.3 is 0 Å². The molecular weight excluding hydrogens is 291 g/mol. The van der Waals surface area contributed by atoms with Crippen molar-refractivity contribution in [1.82, 2.24) is 0 Å². The molecule has 0 bridgehead atoms. The van der Waals surface area contributed by atoms with E-state index < -0.39 is 10.1 Å². The first-order valence-electron chi connectivity index (χ1n) is 3.13. The van der Waals surface area contributed by atoms with E-state index >= 15 is 0 Å². The minimum atomic E-state index is -3.54. The first-order chi connectivity index (χ1) is 5.58. The molecule has 0 amide bonds. The summed E-state index contributed by atoms with van der Waals surface area (Å²) in [4.78, 5) is 0.216. The smallest absolute Gasteiger partial charge is 0.270 e. The molecule has 1 aromatic rings. The number of halogens is 1. The van der Waals surface area contributed by atoms with E-state index in [-0.39, 0.29) is 4.90 Å². The van der Waals surface area contributed by atoms with E-state index in [1.165, 1.54) is 6.07 Å². The van der Waals surface area contributed by atoms with Crippen LogP contribution in [0.4, 0.5) is 0 Å². The lowest BCUT2D eigenvalue weighted by Crippen LogP contribution is -2.04. The fourth-order valence-electron chi connectivity index (χ4n) is 0.737. The third-order valence-corrected chi connectivity index (χ3v) is 3.97. The summed E-state index contributed by atoms with van der Waals surface area (Å²) >= 11 is 1.95. The summed E-state index contributed by atoms with van der Waals surface area (Å²) in [5.74, 6) is 0. The quantitative estimate of drug-likeness (QED) is 0.615. The predicted molar refractivity (Wildman–Crippen MR) is 53.4 cm³/mol. The largest absolute Gasteiger partial charge is 0.297 e. The van der Waals surface area contributed by atoms with Crippen molar-refractivity contribution in [1.29, 1.82) is 0 Å². The fraction of sp³-hybridized carbons (Fsp3) is 0.143. The molecule has 0 unspecified atom stereocenters. The predicted octanol–water partition coefficient (Wildman–Crippen LogP) is 1.63. The molecule has 5 heteroatoms. The van der Waals surface area contributed by atoms with Crippen molar-refractivity contribution < 1.29 is 12.6 Å². The highest BCUT2D eigenvalue weighted by atomic mass is 127. The molecule has 12 heavy (non-hydrogen) atoms. The van der Waals surface area contributed by atoms with Crippen LogP contribution < -0.4 is 0 Å². The number of rotatable bonds is 2. The van der Waals surface area contributed by atoms with Gasteiger partial charge in [-0.15, -0.1) is 0 Å². The first-order valence-corrected chi connectivity index (χ1v) is 5.62. The molecule has 1 rings (SSSR count). The summed E-state index contributed by atoms with van der Waals surface area (Å²) in [7, 11) is -2.39. The van der Waals surface area contributed by atoms with Crippen LogP contribution in [0.3, 0.4) is 0 Å². The van der Waals surface area contributed by atoms with E-state index in [1.807, 2.05) is 22.6 Å². The lowest BCUT2D eigenvalue weighted by molar-refractivity contribution is 0.397. The van der Waals surface area contributed by atoms with E-state index in [2.05, 4.69) is 4.18 Å². The Morgan fingerprint density at radius 1 is 1.33 bits per heavy atom. The summed E-state index contributed by atoms with van der Waals surface area (Å²) in [5, 5.41) is 0. The van der Waals surface area contributed by atoms with Crippen LogP contribution in [0.5, 0.6) is 0 Å². The van der Waals surface area contributed by atoms with Gasteiger partial charge in [0.1, 0.15) is 4.90 Å². The SMILES string of the molecule is COS(=O)(=O)c1ccccc1I. The van der Waals surface area contributed by atoms with Crippen LogP contribution in [0.25, 0.3) is 0 Å². The van der Waals surface area contributed by atoms with Crippen LogP contribution in [0.15, 0.2) is 29.2 Å². The van der Waals surface area contributed by atoms with Gasteiger partial charge in [-0.3, -0.25) is 4.18 Å². The Hall–Kier alpha value is -0.140. The maximum atomic E-state index is 11.2. The molecule has 0 aliphatic rings. The number of hydrogen-bond acceptors (Lipinski definition) is 3. The molecule has 0 saturated heterocycles. The minimum absolute atomic E-state index is 0.216. The molecule has 0 atom stereocenters. The molecular formula is C7H7IO3S. The zero-order valence-corrected chi connectivity index (χ0v) is 9.29. The molecule has 0 radical (unpaired) electrons. The zero-order chi connectivity index (χ0) is 9.19. The minimum Gasteiger partial charge on any atom is -0.270 e. The summed E-state index contributed by atoms with van der Waals surface area (Å²) in [6.45, 7) is 0. The maximum Gasteiger partial charge on any atom is 0.297 e. The molecule has 3 nitrogen and oxygen atoms in total. The van der Waals surface area contributed by atoms with Crippen molar-refractivity contribution in [2.24, 2.45) is 0 Å². The normalized spacial score (nSPS) is 11.5. The van der Waals surface area contributed by atoms with Crippen LogP contribution in [0.1, 0.15) is 0 Å². The third-order valence-electron chi connectivity index (χ3n) is 1.33. The van der Waals surface area contributed by atoms with Crippen molar-refractivity contribution in [3.63, 3.8) is 0 Å². The average molecular weight is 298 g/mol. The monoisotopic (exact) mass is 298 g/mol. The van der Waals surface area contributed by atoms with Crippen LogP contribution in [0.2, 0.25) is 0 Å². The van der Waals surface area contributed by atoms with Gasteiger partial charge in [0, 0.05) is 3.57 Å². The van der Waals surface area contributed by atoms with Gasteiger partial charge in [-0.25, -0.2) is 0 Å². The number of hydrogen-bond donors (Lipinski definition) is 0. The van der Waals surface area contributed by atoms with Gasteiger partial charge in [0.05, 0.1) is 7.11 Å². The van der Waals surface area contributed by atoms with Crippen molar-refractivity contribution in [2.75, 3.05) is 7.11 Å². The molecule has 0 aliphatic carbocycles. The van der Waals surface area contributed by atoms with Gasteiger partial charge in [-0.1, -0.05) is 12.1 Å². The van der Waals surface area contributed by atoms with Gasteiger partial charge in [0.2, 0.25) is 0 Å². The molecule has 0 saturated carbocycles. The Bertz CT molecular complexity index is 372.